The molecule has 0 atom stereocenters. The number of nitrogens with zero attached hydrogens (tertiary/aromatic N) is 1. The number of hydrazone groups is 1. The molecule has 1 N–H and O–H groups in total. The Balaban J connectivity index is 1.53. The Morgan fingerprint density at radius 3 is 2.46 bits per heavy atom. The Bertz CT molecular complexity index is 954. The number of halogens is 1. The molecule has 3 rings (SSSR count). The average Bonchev–Trinajstić information content (AvgIpc) is 2.74. The summed E-state index contributed by atoms with van der Waals surface area (Å²) in [7, 11) is 1.52. The van der Waals surface area contributed by atoms with Crippen LogP contribution in [-0.4, -0.2) is 19.2 Å². The summed E-state index contributed by atoms with van der Waals surface area (Å²) < 4.78 is 12.0. The fourth-order valence-electron chi connectivity index (χ4n) is 2.46. The number of amides is 1. The molecular weight excluding hydrogens is 420 g/mol. The lowest BCUT2D eigenvalue weighted by atomic mass is 10.2. The molecule has 0 heterocycles. The van der Waals surface area contributed by atoms with E-state index in [0.717, 1.165) is 21.3 Å². The molecule has 5 nitrogen and oxygen atoms in total. The third-order valence-corrected chi connectivity index (χ3v) is 4.46. The summed E-state index contributed by atoms with van der Waals surface area (Å²) in [6.45, 7) is 0.496. The molecule has 3 aromatic carbocycles. The van der Waals surface area contributed by atoms with E-state index >= 15 is 0 Å². The minimum absolute atomic E-state index is 0.330. The zero-order chi connectivity index (χ0) is 19.8. The second-order valence-corrected chi connectivity index (χ2v) is 6.80. The van der Waals surface area contributed by atoms with Gasteiger partial charge in [0.05, 0.1) is 18.9 Å². The summed E-state index contributed by atoms with van der Waals surface area (Å²) in [5, 5.41) is 4.00. The van der Waals surface area contributed by atoms with Crippen molar-refractivity contribution in [2.75, 3.05) is 7.11 Å². The van der Waals surface area contributed by atoms with Gasteiger partial charge in [-0.15, -0.1) is 0 Å². The van der Waals surface area contributed by atoms with Gasteiger partial charge in [0.15, 0.2) is 0 Å². The van der Waals surface area contributed by atoms with E-state index in [-0.39, 0.29) is 5.91 Å². The molecule has 0 aliphatic rings. The zero-order valence-electron chi connectivity index (χ0n) is 15.3. The van der Waals surface area contributed by atoms with E-state index in [1.54, 1.807) is 30.5 Å². The molecule has 0 unspecified atom stereocenters. The minimum Gasteiger partial charge on any atom is -0.496 e. The predicted octanol–water partition coefficient (Wildman–Crippen LogP) is 4.80. The van der Waals surface area contributed by atoms with Gasteiger partial charge >= 0.3 is 0 Å². The van der Waals surface area contributed by atoms with Crippen molar-refractivity contribution in [3.05, 3.63) is 94.0 Å². The molecule has 0 saturated carbocycles. The van der Waals surface area contributed by atoms with Gasteiger partial charge < -0.3 is 9.47 Å². The van der Waals surface area contributed by atoms with Gasteiger partial charge in [-0.05, 0) is 59.7 Å². The topological polar surface area (TPSA) is 59.9 Å². The molecule has 0 aliphatic carbocycles. The predicted molar refractivity (Wildman–Crippen MR) is 113 cm³/mol. The Morgan fingerprint density at radius 1 is 1.04 bits per heavy atom. The number of para-hydroxylation sites is 1. The molecular formula is C22H19BrN2O3. The van der Waals surface area contributed by atoms with Crippen LogP contribution in [0.1, 0.15) is 21.5 Å². The normalized spacial score (nSPS) is 10.6. The molecule has 3 aromatic rings. The monoisotopic (exact) mass is 438 g/mol. The first-order valence-corrected chi connectivity index (χ1v) is 9.39. The molecule has 0 saturated heterocycles. The maximum absolute atomic E-state index is 12.2. The zero-order valence-corrected chi connectivity index (χ0v) is 16.8. The summed E-state index contributed by atoms with van der Waals surface area (Å²) >= 11 is 3.41. The SMILES string of the molecule is COc1ccccc1C(=O)N/N=C\c1ccc(OCc2ccc(Br)cc2)cc1. The van der Waals surface area contributed by atoms with Crippen LogP contribution in [0.2, 0.25) is 0 Å². The second-order valence-electron chi connectivity index (χ2n) is 5.88. The van der Waals surface area contributed by atoms with Gasteiger partial charge in [-0.2, -0.15) is 5.10 Å². The van der Waals surface area contributed by atoms with Gasteiger partial charge in [0, 0.05) is 4.47 Å². The average molecular weight is 439 g/mol. The number of methoxy groups -OCH3 is 1. The van der Waals surface area contributed by atoms with Crippen LogP contribution in [0, 0.1) is 0 Å². The third kappa shape index (κ3) is 5.44. The van der Waals surface area contributed by atoms with Crippen molar-refractivity contribution in [3.63, 3.8) is 0 Å². The van der Waals surface area contributed by atoms with Crippen molar-refractivity contribution in [3.8, 4) is 11.5 Å². The van der Waals surface area contributed by atoms with E-state index in [2.05, 4.69) is 26.5 Å². The van der Waals surface area contributed by atoms with E-state index in [4.69, 9.17) is 9.47 Å². The van der Waals surface area contributed by atoms with Crippen LogP contribution in [0.4, 0.5) is 0 Å². The molecule has 0 aliphatic heterocycles. The van der Waals surface area contributed by atoms with Crippen molar-refractivity contribution in [1.82, 2.24) is 5.43 Å². The van der Waals surface area contributed by atoms with E-state index in [9.17, 15) is 4.79 Å². The standard InChI is InChI=1S/C22H19BrN2O3/c1-27-21-5-3-2-4-20(21)22(26)25-24-14-16-8-12-19(13-9-16)28-15-17-6-10-18(23)11-7-17/h2-14H,15H2,1H3,(H,25,26)/b24-14-. The van der Waals surface area contributed by atoms with Crippen molar-refractivity contribution < 1.29 is 14.3 Å². The van der Waals surface area contributed by atoms with Crippen molar-refractivity contribution in [1.29, 1.82) is 0 Å². The van der Waals surface area contributed by atoms with Crippen LogP contribution in [-0.2, 0) is 6.61 Å². The fraction of sp³-hybridized carbons (Fsp3) is 0.0909. The van der Waals surface area contributed by atoms with E-state index in [1.165, 1.54) is 7.11 Å². The Labute approximate surface area is 172 Å². The van der Waals surface area contributed by atoms with Gasteiger partial charge in [0.2, 0.25) is 0 Å². The fourth-order valence-corrected chi connectivity index (χ4v) is 2.72. The molecule has 0 aromatic heterocycles. The molecule has 0 spiro atoms. The summed E-state index contributed by atoms with van der Waals surface area (Å²) in [6, 6.07) is 22.4. The highest BCUT2D eigenvalue weighted by molar-refractivity contribution is 9.10. The molecule has 142 valence electrons. The van der Waals surface area contributed by atoms with Crippen LogP contribution >= 0.6 is 15.9 Å². The van der Waals surface area contributed by atoms with E-state index < -0.39 is 0 Å². The Morgan fingerprint density at radius 2 is 1.75 bits per heavy atom. The van der Waals surface area contributed by atoms with Crippen LogP contribution in [0.5, 0.6) is 11.5 Å². The third-order valence-electron chi connectivity index (χ3n) is 3.93. The van der Waals surface area contributed by atoms with Gasteiger partial charge in [0.1, 0.15) is 18.1 Å². The molecule has 1 amide bonds. The molecule has 0 fully saturated rings. The first-order chi connectivity index (χ1) is 13.7. The summed E-state index contributed by atoms with van der Waals surface area (Å²) in [5.74, 6) is 0.934. The molecule has 0 bridgehead atoms. The summed E-state index contributed by atoms with van der Waals surface area (Å²) in [4.78, 5) is 12.2. The highest BCUT2D eigenvalue weighted by Gasteiger charge is 2.09. The number of ether oxygens (including phenoxy) is 2. The highest BCUT2D eigenvalue weighted by Crippen LogP contribution is 2.17. The molecule has 28 heavy (non-hydrogen) atoms. The minimum atomic E-state index is -0.330. The number of hydrogen-bond acceptors (Lipinski definition) is 4. The smallest absolute Gasteiger partial charge is 0.275 e. The number of benzene rings is 3. The maximum atomic E-state index is 12.2. The second kappa shape index (κ2) is 9.71. The quantitative estimate of drug-likeness (QED) is 0.425. The number of carbonyl (C=O) groups is 1. The van der Waals surface area contributed by atoms with Crippen molar-refractivity contribution >= 4 is 28.1 Å². The first-order valence-electron chi connectivity index (χ1n) is 8.59. The van der Waals surface area contributed by atoms with Gasteiger partial charge in [-0.1, -0.05) is 40.2 Å². The van der Waals surface area contributed by atoms with E-state index in [0.29, 0.717) is 17.9 Å². The maximum Gasteiger partial charge on any atom is 0.275 e. The summed E-state index contributed by atoms with van der Waals surface area (Å²) in [6.07, 6.45) is 1.58. The highest BCUT2D eigenvalue weighted by atomic mass is 79.9. The number of nitrogens with one attached hydrogen (secondary N) is 1. The lowest BCUT2D eigenvalue weighted by Crippen LogP contribution is -2.18. The van der Waals surface area contributed by atoms with Crippen molar-refractivity contribution in [2.24, 2.45) is 5.10 Å². The lowest BCUT2D eigenvalue weighted by molar-refractivity contribution is 0.0952. The Kier molecular flexibility index (Phi) is 6.81. The largest absolute Gasteiger partial charge is 0.496 e. The Hall–Kier alpha value is -3.12. The van der Waals surface area contributed by atoms with Crippen LogP contribution in [0.25, 0.3) is 0 Å². The number of rotatable bonds is 7. The van der Waals surface area contributed by atoms with Crippen LogP contribution < -0.4 is 14.9 Å². The van der Waals surface area contributed by atoms with Crippen LogP contribution in [0.3, 0.4) is 0 Å². The molecule has 6 heteroatoms. The number of hydrogen-bond donors (Lipinski definition) is 1. The van der Waals surface area contributed by atoms with Crippen LogP contribution in [0.15, 0.2) is 82.4 Å². The molecule has 0 radical (unpaired) electrons. The summed E-state index contributed by atoms with van der Waals surface area (Å²) in [5.41, 5.74) is 4.87. The van der Waals surface area contributed by atoms with Gasteiger partial charge in [0.25, 0.3) is 5.91 Å². The van der Waals surface area contributed by atoms with Gasteiger partial charge in [-0.25, -0.2) is 5.43 Å². The number of carbonyl (C=O) groups excluding carboxylic acids is 1. The van der Waals surface area contributed by atoms with E-state index in [1.807, 2.05) is 48.5 Å². The first kappa shape index (κ1) is 19.6. The van der Waals surface area contributed by atoms with Crippen molar-refractivity contribution in [2.45, 2.75) is 6.61 Å². The van der Waals surface area contributed by atoms with Gasteiger partial charge in [-0.3, -0.25) is 4.79 Å². The lowest BCUT2D eigenvalue weighted by Gasteiger charge is -2.07.